The van der Waals surface area contributed by atoms with Crippen molar-refractivity contribution in [3.8, 4) is 5.75 Å². The first kappa shape index (κ1) is 10.7. The van der Waals surface area contributed by atoms with Gasteiger partial charge in [0.2, 0.25) is 0 Å². The van der Waals surface area contributed by atoms with E-state index in [1.165, 1.54) is 12.1 Å². The topological polar surface area (TPSA) is 29.5 Å². The van der Waals surface area contributed by atoms with Crippen molar-refractivity contribution in [2.75, 3.05) is 5.88 Å². The number of aliphatic hydroxyl groups excluding tert-OH is 1. The Morgan fingerprint density at radius 1 is 1.60 bits per heavy atom. The highest BCUT2D eigenvalue weighted by Gasteiger charge is 2.25. The van der Waals surface area contributed by atoms with Crippen LogP contribution in [0.2, 0.25) is 0 Å². The molecule has 2 atom stereocenters. The summed E-state index contributed by atoms with van der Waals surface area (Å²) in [7, 11) is 0. The number of benzene rings is 1. The van der Waals surface area contributed by atoms with Crippen LogP contribution in [-0.2, 0) is 6.42 Å². The number of hydrogen-bond donors (Lipinski definition) is 1. The van der Waals surface area contributed by atoms with Gasteiger partial charge in [-0.15, -0.1) is 11.6 Å². The van der Waals surface area contributed by atoms with Crippen molar-refractivity contribution >= 4 is 11.6 Å². The van der Waals surface area contributed by atoms with Gasteiger partial charge >= 0.3 is 0 Å². The van der Waals surface area contributed by atoms with Crippen molar-refractivity contribution in [2.24, 2.45) is 0 Å². The van der Waals surface area contributed by atoms with Gasteiger partial charge in [0.1, 0.15) is 23.8 Å². The third-order valence-electron chi connectivity index (χ3n) is 2.59. The summed E-state index contributed by atoms with van der Waals surface area (Å²) >= 11 is 5.55. The summed E-state index contributed by atoms with van der Waals surface area (Å²) in [6.07, 6.45) is 0.445. The van der Waals surface area contributed by atoms with Gasteiger partial charge in [0.25, 0.3) is 0 Å². The molecule has 0 saturated carbocycles. The van der Waals surface area contributed by atoms with Crippen molar-refractivity contribution in [3.63, 3.8) is 0 Å². The molecule has 2 nitrogen and oxygen atoms in total. The highest BCUT2D eigenvalue weighted by Crippen LogP contribution is 2.29. The average molecular weight is 231 g/mol. The molecule has 82 valence electrons. The van der Waals surface area contributed by atoms with Crippen molar-refractivity contribution in [1.29, 1.82) is 0 Å². The molecular formula is C11H12ClFO2. The number of alkyl halides is 1. The lowest BCUT2D eigenvalue weighted by atomic mass is 9.99. The molecule has 1 unspecified atom stereocenters. The first-order valence-corrected chi connectivity index (χ1v) is 5.43. The molecule has 4 heteroatoms. The summed E-state index contributed by atoms with van der Waals surface area (Å²) in [4.78, 5) is 0. The van der Waals surface area contributed by atoms with Gasteiger partial charge in [0.15, 0.2) is 0 Å². The summed E-state index contributed by atoms with van der Waals surface area (Å²) < 4.78 is 18.4. The van der Waals surface area contributed by atoms with Crippen LogP contribution in [-0.4, -0.2) is 23.2 Å². The maximum atomic E-state index is 12.9. The van der Waals surface area contributed by atoms with E-state index >= 15 is 0 Å². The van der Waals surface area contributed by atoms with E-state index in [2.05, 4.69) is 0 Å². The minimum atomic E-state index is -0.662. The number of ether oxygens (including phenoxy) is 1. The molecule has 1 aromatic carbocycles. The fraction of sp³-hybridized carbons (Fsp3) is 0.455. The Bertz CT molecular complexity index is 356. The van der Waals surface area contributed by atoms with E-state index in [0.29, 0.717) is 18.6 Å². The van der Waals surface area contributed by atoms with Crippen molar-refractivity contribution in [1.82, 2.24) is 0 Å². The number of fused-ring (bicyclic) bond motifs is 1. The minimum Gasteiger partial charge on any atom is -0.487 e. The van der Waals surface area contributed by atoms with E-state index in [9.17, 15) is 9.50 Å². The summed E-state index contributed by atoms with van der Waals surface area (Å²) in [6, 6.07) is 4.42. The quantitative estimate of drug-likeness (QED) is 0.789. The summed E-state index contributed by atoms with van der Waals surface area (Å²) in [5.41, 5.74) is 0.855. The lowest BCUT2D eigenvalue weighted by molar-refractivity contribution is 0.0377. The predicted molar refractivity (Wildman–Crippen MR) is 55.9 cm³/mol. The molecule has 0 radical (unpaired) electrons. The lowest BCUT2D eigenvalue weighted by Gasteiger charge is -2.28. The van der Waals surface area contributed by atoms with Crippen LogP contribution < -0.4 is 4.74 Å². The van der Waals surface area contributed by atoms with E-state index < -0.39 is 6.10 Å². The Morgan fingerprint density at radius 3 is 3.13 bits per heavy atom. The van der Waals surface area contributed by atoms with Crippen LogP contribution in [0.15, 0.2) is 18.2 Å². The molecule has 0 aliphatic carbocycles. The minimum absolute atomic E-state index is 0.154. The fourth-order valence-electron chi connectivity index (χ4n) is 1.75. The smallest absolute Gasteiger partial charge is 0.126 e. The van der Waals surface area contributed by atoms with Gasteiger partial charge in [-0.1, -0.05) is 0 Å². The van der Waals surface area contributed by atoms with Gasteiger partial charge in [-0.3, -0.25) is 0 Å². The van der Waals surface area contributed by atoms with Gasteiger partial charge in [0, 0.05) is 0 Å². The summed E-state index contributed by atoms with van der Waals surface area (Å²) in [5.74, 6) is 0.548. The maximum Gasteiger partial charge on any atom is 0.126 e. The number of rotatable bonds is 2. The predicted octanol–water partition coefficient (Wildman–Crippen LogP) is 2.12. The zero-order valence-electron chi connectivity index (χ0n) is 8.12. The van der Waals surface area contributed by atoms with Crippen LogP contribution >= 0.6 is 11.6 Å². The summed E-state index contributed by atoms with van der Waals surface area (Å²) in [6.45, 7) is 0. The Kier molecular flexibility index (Phi) is 3.12. The molecular weight excluding hydrogens is 219 g/mol. The number of hydrogen-bond acceptors (Lipinski definition) is 2. The molecule has 1 aliphatic heterocycles. The standard InChI is InChI=1S/C11H12ClFO2/c12-6-9(14)11-3-1-7-5-8(13)2-4-10(7)15-11/h2,4-5,9,11,14H,1,3,6H2/t9?,11-/m1/s1. The second kappa shape index (κ2) is 4.37. The molecule has 1 heterocycles. The second-order valence-electron chi connectivity index (χ2n) is 3.67. The molecule has 0 spiro atoms. The number of aliphatic hydroxyl groups is 1. The maximum absolute atomic E-state index is 12.9. The normalized spacial score (nSPS) is 21.7. The van der Waals surface area contributed by atoms with Crippen LogP contribution in [0.3, 0.4) is 0 Å². The SMILES string of the molecule is OC(CCl)[C@H]1CCc2cc(F)ccc2O1. The van der Waals surface area contributed by atoms with E-state index in [1.807, 2.05) is 0 Å². The largest absolute Gasteiger partial charge is 0.487 e. The third kappa shape index (κ3) is 2.24. The van der Waals surface area contributed by atoms with E-state index in [1.54, 1.807) is 6.07 Å². The summed E-state index contributed by atoms with van der Waals surface area (Å²) in [5, 5.41) is 9.53. The van der Waals surface area contributed by atoms with Crippen LogP contribution in [0.25, 0.3) is 0 Å². The molecule has 2 rings (SSSR count). The zero-order valence-corrected chi connectivity index (χ0v) is 8.88. The molecule has 0 fully saturated rings. The van der Waals surface area contributed by atoms with E-state index in [0.717, 1.165) is 5.56 Å². The fourth-order valence-corrected chi connectivity index (χ4v) is 1.95. The van der Waals surface area contributed by atoms with Crippen molar-refractivity contribution < 1.29 is 14.2 Å². The Hall–Kier alpha value is -0.800. The molecule has 1 aromatic rings. The van der Waals surface area contributed by atoms with Gasteiger partial charge in [-0.2, -0.15) is 0 Å². The monoisotopic (exact) mass is 230 g/mol. The van der Waals surface area contributed by atoms with Gasteiger partial charge in [-0.25, -0.2) is 4.39 Å². The zero-order chi connectivity index (χ0) is 10.8. The first-order valence-electron chi connectivity index (χ1n) is 4.90. The van der Waals surface area contributed by atoms with Crippen LogP contribution in [0, 0.1) is 5.82 Å². The molecule has 1 aliphatic rings. The van der Waals surface area contributed by atoms with E-state index in [-0.39, 0.29) is 17.8 Å². The second-order valence-corrected chi connectivity index (χ2v) is 3.98. The third-order valence-corrected chi connectivity index (χ3v) is 2.90. The first-order chi connectivity index (χ1) is 7.20. The van der Waals surface area contributed by atoms with Crippen LogP contribution in [0.1, 0.15) is 12.0 Å². The van der Waals surface area contributed by atoms with Crippen LogP contribution in [0.4, 0.5) is 4.39 Å². The van der Waals surface area contributed by atoms with E-state index in [4.69, 9.17) is 16.3 Å². The molecule has 0 saturated heterocycles. The highest BCUT2D eigenvalue weighted by atomic mass is 35.5. The Balaban J connectivity index is 2.16. The van der Waals surface area contributed by atoms with Crippen LogP contribution in [0.5, 0.6) is 5.75 Å². The molecule has 0 bridgehead atoms. The van der Waals surface area contributed by atoms with Crippen molar-refractivity contribution in [2.45, 2.75) is 25.0 Å². The lowest BCUT2D eigenvalue weighted by Crippen LogP contribution is -2.36. The molecule has 0 amide bonds. The Morgan fingerprint density at radius 2 is 2.40 bits per heavy atom. The van der Waals surface area contributed by atoms with Gasteiger partial charge in [0.05, 0.1) is 5.88 Å². The molecule has 0 aromatic heterocycles. The highest BCUT2D eigenvalue weighted by molar-refractivity contribution is 6.18. The number of aryl methyl sites for hydroxylation is 1. The average Bonchev–Trinajstić information content (AvgIpc) is 2.27. The molecule has 1 N–H and O–H groups in total. The van der Waals surface area contributed by atoms with Gasteiger partial charge < -0.3 is 9.84 Å². The number of halogens is 2. The molecule has 15 heavy (non-hydrogen) atoms. The van der Waals surface area contributed by atoms with Gasteiger partial charge in [-0.05, 0) is 36.6 Å². The van der Waals surface area contributed by atoms with Crippen molar-refractivity contribution in [3.05, 3.63) is 29.6 Å². The Labute approximate surface area is 92.6 Å².